The van der Waals surface area contributed by atoms with Crippen molar-refractivity contribution in [2.75, 3.05) is 0 Å². The van der Waals surface area contributed by atoms with E-state index in [1.54, 1.807) is 0 Å². The highest BCUT2D eigenvalue weighted by Crippen LogP contribution is 2.26. The summed E-state index contributed by atoms with van der Waals surface area (Å²) in [5.41, 5.74) is -1.74. The maximum Gasteiger partial charge on any atom is 0.437 e. The fraction of sp³-hybridized carbons (Fsp3) is 0.125. The zero-order chi connectivity index (χ0) is 10.8. The minimum atomic E-state index is -4.72. The summed E-state index contributed by atoms with van der Waals surface area (Å²) >= 11 is 5.51. The summed E-state index contributed by atoms with van der Waals surface area (Å²) in [6.45, 7) is 0. The fourth-order valence-corrected chi connectivity index (χ4v) is 1.14. The van der Waals surface area contributed by atoms with Crippen LogP contribution < -0.4 is 0 Å². The van der Waals surface area contributed by atoms with Crippen molar-refractivity contribution in [3.05, 3.63) is 34.9 Å². The number of hydrogen-bond acceptors (Lipinski definition) is 2. The van der Waals surface area contributed by atoms with E-state index < -0.39 is 11.9 Å². The Balaban J connectivity index is 3.23. The van der Waals surface area contributed by atoms with Gasteiger partial charge in [0, 0.05) is 5.56 Å². The molecule has 1 aromatic carbocycles. The van der Waals surface area contributed by atoms with E-state index in [1.807, 2.05) is 0 Å². The normalized spacial score (nSPS) is 13.0. The molecule has 0 radical (unpaired) electrons. The van der Waals surface area contributed by atoms with Crippen LogP contribution in [-0.2, 0) is 0 Å². The molecule has 1 rings (SSSR count). The third-order valence-corrected chi connectivity index (χ3v) is 1.83. The molecule has 1 aromatic rings. The predicted octanol–water partition coefficient (Wildman–Crippen LogP) is 3.08. The second-order valence-electron chi connectivity index (χ2n) is 2.43. The Bertz CT molecular complexity index is 362. The quantitative estimate of drug-likeness (QED) is 0.443. The van der Waals surface area contributed by atoms with Crippen molar-refractivity contribution in [3.8, 4) is 0 Å². The van der Waals surface area contributed by atoms with Gasteiger partial charge in [-0.05, 0) is 6.07 Å². The first-order valence-corrected chi connectivity index (χ1v) is 3.88. The summed E-state index contributed by atoms with van der Waals surface area (Å²) in [7, 11) is 0. The van der Waals surface area contributed by atoms with Crippen LogP contribution in [0, 0.1) is 0 Å². The van der Waals surface area contributed by atoms with Crippen molar-refractivity contribution < 1.29 is 18.4 Å². The molecule has 14 heavy (non-hydrogen) atoms. The van der Waals surface area contributed by atoms with Crippen LogP contribution in [0.1, 0.15) is 5.56 Å². The molecular formula is C8H5ClF3NO. The van der Waals surface area contributed by atoms with Gasteiger partial charge >= 0.3 is 6.18 Å². The molecule has 1 N–H and O–H groups in total. The Kier molecular flexibility index (Phi) is 3.00. The Labute approximate surface area is 82.6 Å². The molecule has 0 spiro atoms. The van der Waals surface area contributed by atoms with Gasteiger partial charge in [0.15, 0.2) is 5.71 Å². The standard InChI is InChI=1S/C8H5ClF3NO/c9-6-4-2-1-3-5(6)7(13-14)8(10,11)12/h1-4,14H. The summed E-state index contributed by atoms with van der Waals surface area (Å²) in [5, 5.41) is 10.3. The van der Waals surface area contributed by atoms with E-state index in [2.05, 4.69) is 5.16 Å². The van der Waals surface area contributed by atoms with Crippen LogP contribution in [0.15, 0.2) is 29.4 Å². The third-order valence-electron chi connectivity index (χ3n) is 1.50. The molecule has 0 saturated heterocycles. The van der Waals surface area contributed by atoms with E-state index in [0.717, 1.165) is 6.07 Å². The van der Waals surface area contributed by atoms with Gasteiger partial charge in [0.25, 0.3) is 0 Å². The van der Waals surface area contributed by atoms with Gasteiger partial charge in [-0.25, -0.2) is 0 Å². The molecule has 0 unspecified atom stereocenters. The highest BCUT2D eigenvalue weighted by atomic mass is 35.5. The van der Waals surface area contributed by atoms with Crippen LogP contribution in [0.2, 0.25) is 5.02 Å². The predicted molar refractivity (Wildman–Crippen MR) is 45.8 cm³/mol. The maximum atomic E-state index is 12.2. The van der Waals surface area contributed by atoms with E-state index in [0.29, 0.717) is 0 Å². The van der Waals surface area contributed by atoms with Crippen LogP contribution in [0.5, 0.6) is 0 Å². The highest BCUT2D eigenvalue weighted by Gasteiger charge is 2.38. The molecule has 0 aliphatic carbocycles. The molecular weight excluding hydrogens is 219 g/mol. The molecule has 0 fully saturated rings. The molecule has 0 aliphatic rings. The topological polar surface area (TPSA) is 32.6 Å². The lowest BCUT2D eigenvalue weighted by atomic mass is 10.1. The number of nitrogens with zero attached hydrogens (tertiary/aromatic N) is 1. The molecule has 0 bridgehead atoms. The highest BCUT2D eigenvalue weighted by molar-refractivity contribution is 6.34. The second-order valence-corrected chi connectivity index (χ2v) is 2.83. The summed E-state index contributed by atoms with van der Waals surface area (Å²) in [6.07, 6.45) is -4.72. The van der Waals surface area contributed by atoms with Gasteiger partial charge in [-0.1, -0.05) is 35.0 Å². The van der Waals surface area contributed by atoms with Crippen molar-refractivity contribution in [2.45, 2.75) is 6.18 Å². The van der Waals surface area contributed by atoms with Gasteiger partial charge < -0.3 is 5.21 Å². The van der Waals surface area contributed by atoms with Gasteiger partial charge in [-0.3, -0.25) is 0 Å². The van der Waals surface area contributed by atoms with E-state index in [4.69, 9.17) is 16.8 Å². The Morgan fingerprint density at radius 3 is 2.29 bits per heavy atom. The van der Waals surface area contributed by atoms with Gasteiger partial charge in [-0.2, -0.15) is 13.2 Å². The molecule has 0 atom stereocenters. The lowest BCUT2D eigenvalue weighted by Crippen LogP contribution is -2.24. The number of halogens is 4. The van der Waals surface area contributed by atoms with Crippen molar-refractivity contribution in [2.24, 2.45) is 5.16 Å². The monoisotopic (exact) mass is 223 g/mol. The summed E-state index contributed by atoms with van der Waals surface area (Å²) in [4.78, 5) is 0. The molecule has 0 saturated carbocycles. The van der Waals surface area contributed by atoms with E-state index in [9.17, 15) is 13.2 Å². The largest absolute Gasteiger partial charge is 0.437 e. The second kappa shape index (κ2) is 3.88. The van der Waals surface area contributed by atoms with Gasteiger partial charge in [-0.15, -0.1) is 0 Å². The zero-order valence-electron chi connectivity index (χ0n) is 6.72. The van der Waals surface area contributed by atoms with Gasteiger partial charge in [0.1, 0.15) is 0 Å². The zero-order valence-corrected chi connectivity index (χ0v) is 7.47. The average Bonchev–Trinajstić information content (AvgIpc) is 2.07. The van der Waals surface area contributed by atoms with Crippen molar-refractivity contribution in [3.63, 3.8) is 0 Å². The first kappa shape index (κ1) is 10.8. The van der Waals surface area contributed by atoms with Crippen molar-refractivity contribution >= 4 is 17.3 Å². The first-order chi connectivity index (χ1) is 6.46. The lowest BCUT2D eigenvalue weighted by Gasteiger charge is -2.09. The van der Waals surface area contributed by atoms with Gasteiger partial charge in [0.2, 0.25) is 0 Å². The minimum Gasteiger partial charge on any atom is -0.410 e. The Morgan fingerprint density at radius 1 is 1.29 bits per heavy atom. The molecule has 0 amide bonds. The van der Waals surface area contributed by atoms with E-state index in [1.165, 1.54) is 18.2 Å². The van der Waals surface area contributed by atoms with Crippen molar-refractivity contribution in [1.82, 2.24) is 0 Å². The Hall–Kier alpha value is -1.23. The minimum absolute atomic E-state index is 0.113. The number of alkyl halides is 3. The van der Waals surface area contributed by atoms with Crippen LogP contribution in [-0.4, -0.2) is 17.1 Å². The first-order valence-electron chi connectivity index (χ1n) is 3.51. The van der Waals surface area contributed by atoms with E-state index >= 15 is 0 Å². The fourth-order valence-electron chi connectivity index (χ4n) is 0.917. The SMILES string of the molecule is ON=C(c1ccccc1Cl)C(F)(F)F. The summed E-state index contributed by atoms with van der Waals surface area (Å²) in [6, 6.07) is 5.27. The molecule has 2 nitrogen and oxygen atoms in total. The average molecular weight is 224 g/mol. The molecule has 76 valence electrons. The van der Waals surface area contributed by atoms with Crippen LogP contribution in [0.4, 0.5) is 13.2 Å². The summed E-state index contributed by atoms with van der Waals surface area (Å²) in [5.74, 6) is 0. The van der Waals surface area contributed by atoms with E-state index in [-0.39, 0.29) is 10.6 Å². The maximum absolute atomic E-state index is 12.2. The van der Waals surface area contributed by atoms with Crippen LogP contribution in [0.25, 0.3) is 0 Å². The third kappa shape index (κ3) is 2.17. The van der Waals surface area contributed by atoms with Crippen LogP contribution in [0.3, 0.4) is 0 Å². The number of benzene rings is 1. The lowest BCUT2D eigenvalue weighted by molar-refractivity contribution is -0.0601. The molecule has 6 heteroatoms. The molecule has 0 aliphatic heterocycles. The summed E-state index contributed by atoms with van der Waals surface area (Å²) < 4.78 is 36.7. The number of rotatable bonds is 1. The molecule has 0 aromatic heterocycles. The smallest absolute Gasteiger partial charge is 0.410 e. The Morgan fingerprint density at radius 2 is 1.86 bits per heavy atom. The molecule has 0 heterocycles. The number of oxime groups is 1. The number of hydrogen-bond donors (Lipinski definition) is 1. The van der Waals surface area contributed by atoms with Gasteiger partial charge in [0.05, 0.1) is 5.02 Å². The van der Waals surface area contributed by atoms with Crippen LogP contribution >= 0.6 is 11.6 Å². The van der Waals surface area contributed by atoms with Crippen molar-refractivity contribution in [1.29, 1.82) is 0 Å².